The number of anilines is 1. The van der Waals surface area contributed by atoms with Crippen LogP contribution in [0, 0.1) is 11.8 Å². The lowest BCUT2D eigenvalue weighted by atomic mass is 10.2. The van der Waals surface area contributed by atoms with Gasteiger partial charge in [-0.1, -0.05) is 48.2 Å². The van der Waals surface area contributed by atoms with E-state index in [9.17, 15) is 4.79 Å². The van der Waals surface area contributed by atoms with E-state index in [1.807, 2.05) is 54.6 Å². The van der Waals surface area contributed by atoms with Crippen LogP contribution in [-0.2, 0) is 11.3 Å². The maximum absolute atomic E-state index is 11.6. The molecule has 4 N–H and O–H groups in total. The van der Waals surface area contributed by atoms with Gasteiger partial charge in [-0.3, -0.25) is 0 Å². The second-order valence-corrected chi connectivity index (χ2v) is 5.23. The maximum atomic E-state index is 11.6. The Morgan fingerprint density at radius 1 is 1.17 bits per heavy atom. The van der Waals surface area contributed by atoms with Crippen molar-refractivity contribution in [2.24, 2.45) is 5.73 Å². The Bertz CT molecular complexity index is 767. The van der Waals surface area contributed by atoms with E-state index in [0.717, 1.165) is 16.8 Å². The van der Waals surface area contributed by atoms with Crippen molar-refractivity contribution >= 4 is 29.1 Å². The Balaban J connectivity index is 1.77. The highest BCUT2D eigenvalue weighted by Gasteiger charge is 2.00. The molecule has 2 aromatic carbocycles. The highest BCUT2D eigenvalue weighted by atomic mass is 32.1. The van der Waals surface area contributed by atoms with Crippen LogP contribution in [0.3, 0.4) is 0 Å². The number of alkyl carbamates (subject to hydrolysis) is 1. The standard InChI is InChI=1S/C18H17N3O2S/c19-17(24)21-16-10-4-8-14(12-16)9-5-11-20-18(22)23-13-15-6-2-1-3-7-15/h1-4,6-8,10,12H,11,13H2,(H,20,22)(H3,19,21,24). The first-order valence-electron chi connectivity index (χ1n) is 7.23. The van der Waals surface area contributed by atoms with Crippen LogP contribution in [-0.4, -0.2) is 17.8 Å². The predicted octanol–water partition coefficient (Wildman–Crippen LogP) is 2.62. The minimum Gasteiger partial charge on any atom is -0.445 e. The maximum Gasteiger partial charge on any atom is 0.408 e. The summed E-state index contributed by atoms with van der Waals surface area (Å²) in [4.78, 5) is 11.6. The molecule has 6 heteroatoms. The lowest BCUT2D eigenvalue weighted by Crippen LogP contribution is -2.24. The van der Waals surface area contributed by atoms with E-state index in [-0.39, 0.29) is 18.3 Å². The van der Waals surface area contributed by atoms with E-state index in [1.165, 1.54) is 0 Å². The van der Waals surface area contributed by atoms with Crippen LogP contribution in [0.2, 0.25) is 0 Å². The molecule has 0 spiro atoms. The van der Waals surface area contributed by atoms with Crippen molar-refractivity contribution < 1.29 is 9.53 Å². The number of hydrogen-bond donors (Lipinski definition) is 3. The summed E-state index contributed by atoms with van der Waals surface area (Å²) in [5.41, 5.74) is 7.91. The van der Waals surface area contributed by atoms with E-state index >= 15 is 0 Å². The summed E-state index contributed by atoms with van der Waals surface area (Å²) in [6.45, 7) is 0.424. The van der Waals surface area contributed by atoms with Crippen LogP contribution in [0.15, 0.2) is 54.6 Å². The van der Waals surface area contributed by atoms with Gasteiger partial charge in [-0.25, -0.2) is 4.79 Å². The number of amides is 1. The third-order valence-electron chi connectivity index (χ3n) is 2.90. The number of carbonyl (C=O) groups excluding carboxylic acids is 1. The summed E-state index contributed by atoms with van der Waals surface area (Å²) in [6, 6.07) is 16.8. The van der Waals surface area contributed by atoms with Crippen molar-refractivity contribution in [3.8, 4) is 11.8 Å². The van der Waals surface area contributed by atoms with Crippen molar-refractivity contribution in [3.05, 3.63) is 65.7 Å². The largest absolute Gasteiger partial charge is 0.445 e. The molecular formula is C18H17N3O2S. The number of nitrogens with one attached hydrogen (secondary N) is 2. The zero-order chi connectivity index (χ0) is 17.2. The van der Waals surface area contributed by atoms with Crippen molar-refractivity contribution in [2.45, 2.75) is 6.61 Å². The Morgan fingerprint density at radius 3 is 2.71 bits per heavy atom. The average molecular weight is 339 g/mol. The molecule has 0 unspecified atom stereocenters. The highest BCUT2D eigenvalue weighted by Crippen LogP contribution is 2.09. The molecule has 0 aliphatic carbocycles. The molecule has 24 heavy (non-hydrogen) atoms. The van der Waals surface area contributed by atoms with E-state index in [2.05, 4.69) is 22.5 Å². The van der Waals surface area contributed by atoms with Gasteiger partial charge in [0.2, 0.25) is 0 Å². The predicted molar refractivity (Wildman–Crippen MR) is 98.4 cm³/mol. The fourth-order valence-electron chi connectivity index (χ4n) is 1.85. The Kier molecular flexibility index (Phi) is 6.62. The summed E-state index contributed by atoms with van der Waals surface area (Å²) in [5.74, 6) is 5.80. The van der Waals surface area contributed by atoms with Crippen molar-refractivity contribution in [1.82, 2.24) is 5.32 Å². The summed E-state index contributed by atoms with van der Waals surface area (Å²) in [6.07, 6.45) is -0.503. The topological polar surface area (TPSA) is 76.4 Å². The molecule has 122 valence electrons. The second kappa shape index (κ2) is 9.18. The molecular weight excluding hydrogens is 322 g/mol. The van der Waals surface area contributed by atoms with E-state index in [4.69, 9.17) is 22.7 Å². The monoisotopic (exact) mass is 339 g/mol. The van der Waals surface area contributed by atoms with Crippen LogP contribution in [0.4, 0.5) is 10.5 Å². The number of carbonyl (C=O) groups is 1. The second-order valence-electron chi connectivity index (χ2n) is 4.79. The Hall–Kier alpha value is -3.04. The fourth-order valence-corrected chi connectivity index (χ4v) is 1.97. The molecule has 0 heterocycles. The minimum atomic E-state index is -0.503. The molecule has 0 fully saturated rings. The SMILES string of the molecule is NC(=S)Nc1cccc(C#CCNC(=O)OCc2ccccc2)c1. The van der Waals surface area contributed by atoms with Gasteiger partial charge in [0.1, 0.15) is 6.61 Å². The molecule has 5 nitrogen and oxygen atoms in total. The number of benzene rings is 2. The molecule has 0 saturated heterocycles. The van der Waals surface area contributed by atoms with Crippen molar-refractivity contribution in [1.29, 1.82) is 0 Å². The molecule has 2 rings (SSSR count). The molecule has 2 aromatic rings. The lowest BCUT2D eigenvalue weighted by Gasteiger charge is -2.04. The number of rotatable bonds is 4. The van der Waals surface area contributed by atoms with Crippen LogP contribution >= 0.6 is 12.2 Å². The van der Waals surface area contributed by atoms with Crippen molar-refractivity contribution in [2.75, 3.05) is 11.9 Å². The number of thiocarbonyl (C=S) groups is 1. The van der Waals surface area contributed by atoms with Gasteiger partial charge in [-0.15, -0.1) is 0 Å². The van der Waals surface area contributed by atoms with Crippen LogP contribution in [0.25, 0.3) is 0 Å². The molecule has 0 aliphatic rings. The van der Waals surface area contributed by atoms with Crippen molar-refractivity contribution in [3.63, 3.8) is 0 Å². The smallest absolute Gasteiger partial charge is 0.408 e. The molecule has 0 radical (unpaired) electrons. The van der Waals surface area contributed by atoms with Gasteiger partial charge in [0.05, 0.1) is 6.54 Å². The van der Waals surface area contributed by atoms with E-state index < -0.39 is 6.09 Å². The van der Waals surface area contributed by atoms with E-state index in [0.29, 0.717) is 0 Å². The average Bonchev–Trinajstić information content (AvgIpc) is 2.58. The van der Waals surface area contributed by atoms with Gasteiger partial charge < -0.3 is 21.1 Å². The van der Waals surface area contributed by atoms with E-state index in [1.54, 1.807) is 0 Å². The normalized spacial score (nSPS) is 9.33. The molecule has 0 atom stereocenters. The van der Waals surface area contributed by atoms with Crippen LogP contribution in [0.5, 0.6) is 0 Å². The molecule has 0 aromatic heterocycles. The van der Waals surface area contributed by atoms with Crippen LogP contribution in [0.1, 0.15) is 11.1 Å². The first-order valence-corrected chi connectivity index (χ1v) is 7.64. The molecule has 1 amide bonds. The zero-order valence-electron chi connectivity index (χ0n) is 12.9. The Morgan fingerprint density at radius 2 is 1.96 bits per heavy atom. The summed E-state index contributed by atoms with van der Waals surface area (Å²) in [5, 5.41) is 5.61. The number of nitrogens with two attached hydrogens (primary N) is 1. The highest BCUT2D eigenvalue weighted by molar-refractivity contribution is 7.80. The minimum absolute atomic E-state index is 0.195. The quantitative estimate of drug-likeness (QED) is 0.590. The van der Waals surface area contributed by atoms with Gasteiger partial charge in [-0.05, 0) is 36.0 Å². The number of ether oxygens (including phenoxy) is 1. The Labute approximate surface area is 146 Å². The van der Waals surface area contributed by atoms with Gasteiger partial charge in [0, 0.05) is 11.3 Å². The fraction of sp³-hybridized carbons (Fsp3) is 0.111. The molecule has 0 bridgehead atoms. The molecule has 0 saturated carbocycles. The summed E-state index contributed by atoms with van der Waals surface area (Å²) in [7, 11) is 0. The molecule has 0 aliphatic heterocycles. The van der Waals surface area contributed by atoms with Gasteiger partial charge >= 0.3 is 6.09 Å². The summed E-state index contributed by atoms with van der Waals surface area (Å²) < 4.78 is 5.09. The third-order valence-corrected chi connectivity index (χ3v) is 3.00. The number of hydrogen-bond acceptors (Lipinski definition) is 3. The van der Waals surface area contributed by atoms with Gasteiger partial charge in [0.25, 0.3) is 0 Å². The third kappa shape index (κ3) is 6.38. The first kappa shape index (κ1) is 17.3. The van der Waals surface area contributed by atoms with Gasteiger partial charge in [-0.2, -0.15) is 0 Å². The van der Waals surface area contributed by atoms with Gasteiger partial charge in [0.15, 0.2) is 5.11 Å². The zero-order valence-corrected chi connectivity index (χ0v) is 13.7. The first-order chi connectivity index (χ1) is 11.6. The summed E-state index contributed by atoms with van der Waals surface area (Å²) >= 11 is 4.79. The van der Waals surface area contributed by atoms with Crippen LogP contribution < -0.4 is 16.4 Å². The lowest BCUT2D eigenvalue weighted by molar-refractivity contribution is 0.141.